The van der Waals surface area contributed by atoms with Crippen molar-refractivity contribution in [1.29, 1.82) is 0 Å². The maximum absolute atomic E-state index is 10.6. The second-order valence-electron chi connectivity index (χ2n) is 4.45. The lowest BCUT2D eigenvalue weighted by Gasteiger charge is -2.69. The number of aldehydes is 1. The minimum Gasteiger partial charge on any atom is -0.350 e. The summed E-state index contributed by atoms with van der Waals surface area (Å²) in [5.74, 6) is 0. The van der Waals surface area contributed by atoms with Crippen LogP contribution in [0.3, 0.4) is 0 Å². The van der Waals surface area contributed by atoms with Crippen LogP contribution >= 0.6 is 0 Å². The van der Waals surface area contributed by atoms with Gasteiger partial charge in [0, 0.05) is 10.8 Å². The summed E-state index contributed by atoms with van der Waals surface area (Å²) in [5.41, 5.74) is 0.271. The highest BCUT2D eigenvalue weighted by molar-refractivity contribution is 5.66. The molecule has 4 aliphatic rings. The number of hydrogen-bond donors (Lipinski definition) is 0. The molecule has 1 heterocycles. The first-order valence-corrected chi connectivity index (χ1v) is 4.48. The highest BCUT2D eigenvalue weighted by atomic mass is 16.7. The molecule has 0 aromatic carbocycles. The molecule has 3 aliphatic carbocycles. The van der Waals surface area contributed by atoms with Gasteiger partial charge < -0.3 is 14.3 Å². The third kappa shape index (κ3) is 0.627. The highest BCUT2D eigenvalue weighted by Crippen LogP contribution is 2.74. The van der Waals surface area contributed by atoms with Crippen molar-refractivity contribution >= 4 is 6.29 Å². The van der Waals surface area contributed by atoms with Crippen molar-refractivity contribution in [2.75, 3.05) is 13.2 Å². The molecule has 0 radical (unpaired) electrons. The molecule has 0 aromatic rings. The van der Waals surface area contributed by atoms with Crippen LogP contribution in [0, 0.1) is 10.8 Å². The number of carbonyl (C=O) groups excluding carboxylic acids is 1. The number of carbonyl (C=O) groups is 1. The van der Waals surface area contributed by atoms with E-state index in [0.29, 0.717) is 0 Å². The topological polar surface area (TPSA) is 35.5 Å². The van der Waals surface area contributed by atoms with E-state index < -0.39 is 0 Å². The average Bonchev–Trinajstić information content (AvgIpc) is 2.35. The molecule has 66 valence electrons. The van der Waals surface area contributed by atoms with Gasteiger partial charge in [0.25, 0.3) is 0 Å². The van der Waals surface area contributed by atoms with Crippen LogP contribution < -0.4 is 0 Å². The number of ether oxygens (including phenoxy) is 2. The summed E-state index contributed by atoms with van der Waals surface area (Å²) >= 11 is 0. The van der Waals surface area contributed by atoms with Crippen molar-refractivity contribution < 1.29 is 14.3 Å². The van der Waals surface area contributed by atoms with E-state index >= 15 is 0 Å². The second-order valence-corrected chi connectivity index (χ2v) is 4.45. The van der Waals surface area contributed by atoms with Crippen molar-refractivity contribution in [2.45, 2.75) is 25.6 Å². The summed E-state index contributed by atoms with van der Waals surface area (Å²) in [4.78, 5) is 10.6. The molecule has 4 rings (SSSR count). The number of rotatable bonds is 2. The Morgan fingerprint density at radius 3 is 2.25 bits per heavy atom. The molecular formula is C9H12O3. The summed E-state index contributed by atoms with van der Waals surface area (Å²) in [6.07, 6.45) is 4.10. The fraction of sp³-hybridized carbons (Fsp3) is 0.889. The summed E-state index contributed by atoms with van der Waals surface area (Å²) in [7, 11) is 0. The van der Waals surface area contributed by atoms with Gasteiger partial charge in [-0.3, -0.25) is 0 Å². The molecule has 4 fully saturated rings. The zero-order chi connectivity index (χ0) is 8.23. The first-order chi connectivity index (χ1) is 5.79. The smallest absolute Gasteiger partial charge is 0.163 e. The Kier molecular flexibility index (Phi) is 1.12. The molecule has 0 aromatic heterocycles. The summed E-state index contributed by atoms with van der Waals surface area (Å²) < 4.78 is 10.9. The normalized spacial score (nSPS) is 51.3. The van der Waals surface area contributed by atoms with E-state index in [2.05, 4.69) is 0 Å². The molecule has 3 nitrogen and oxygen atoms in total. The van der Waals surface area contributed by atoms with Crippen molar-refractivity contribution in [3.05, 3.63) is 0 Å². The largest absolute Gasteiger partial charge is 0.350 e. The third-order valence-electron chi connectivity index (χ3n) is 3.48. The van der Waals surface area contributed by atoms with E-state index in [1.54, 1.807) is 0 Å². The Morgan fingerprint density at radius 1 is 1.17 bits per heavy atom. The summed E-state index contributed by atoms with van der Waals surface area (Å²) in [6, 6.07) is 0. The van der Waals surface area contributed by atoms with Gasteiger partial charge in [0.1, 0.15) is 6.29 Å². The van der Waals surface area contributed by atoms with Gasteiger partial charge in [0.05, 0.1) is 13.2 Å². The van der Waals surface area contributed by atoms with Crippen molar-refractivity contribution in [1.82, 2.24) is 0 Å². The summed E-state index contributed by atoms with van der Waals surface area (Å²) in [6.45, 7) is 1.45. The molecule has 1 saturated heterocycles. The van der Waals surface area contributed by atoms with Gasteiger partial charge in [-0.15, -0.1) is 0 Å². The standard InChI is InChI=1S/C9H12O3/c10-6-8-3-9(4-8,5-8)7-11-1-2-12-7/h6-7H,1-5H2. The van der Waals surface area contributed by atoms with E-state index in [0.717, 1.165) is 38.8 Å². The highest BCUT2D eigenvalue weighted by Gasteiger charge is 2.72. The minimum absolute atomic E-state index is 0.000625. The van der Waals surface area contributed by atoms with Crippen LogP contribution in [0.4, 0.5) is 0 Å². The van der Waals surface area contributed by atoms with Crippen LogP contribution in [0.5, 0.6) is 0 Å². The van der Waals surface area contributed by atoms with Crippen LogP contribution in [-0.4, -0.2) is 25.8 Å². The number of hydrogen-bond acceptors (Lipinski definition) is 3. The van der Waals surface area contributed by atoms with E-state index in [-0.39, 0.29) is 17.1 Å². The van der Waals surface area contributed by atoms with Crippen molar-refractivity contribution in [3.63, 3.8) is 0 Å². The lowest BCUT2D eigenvalue weighted by molar-refractivity contribution is -0.288. The van der Waals surface area contributed by atoms with Crippen LogP contribution in [0.1, 0.15) is 19.3 Å². The van der Waals surface area contributed by atoms with Gasteiger partial charge in [0.2, 0.25) is 0 Å². The second kappa shape index (κ2) is 1.91. The molecule has 0 atom stereocenters. The van der Waals surface area contributed by atoms with E-state index in [9.17, 15) is 4.79 Å². The Morgan fingerprint density at radius 2 is 1.75 bits per heavy atom. The zero-order valence-electron chi connectivity index (χ0n) is 6.91. The lowest BCUT2D eigenvalue weighted by atomic mass is 9.35. The lowest BCUT2D eigenvalue weighted by Crippen LogP contribution is -2.67. The van der Waals surface area contributed by atoms with E-state index in [4.69, 9.17) is 9.47 Å². The Bertz CT molecular complexity index is 210. The summed E-state index contributed by atoms with van der Waals surface area (Å²) in [5, 5.41) is 0. The Labute approximate surface area is 71.0 Å². The Hall–Kier alpha value is -0.410. The molecule has 2 bridgehead atoms. The molecule has 0 spiro atoms. The molecule has 3 heteroatoms. The van der Waals surface area contributed by atoms with Gasteiger partial charge >= 0.3 is 0 Å². The van der Waals surface area contributed by atoms with E-state index in [1.165, 1.54) is 0 Å². The predicted octanol–water partition coefficient (Wildman–Crippen LogP) is 0.728. The minimum atomic E-state index is -0.000625. The fourth-order valence-corrected chi connectivity index (χ4v) is 3.04. The average molecular weight is 168 g/mol. The molecular weight excluding hydrogens is 156 g/mol. The van der Waals surface area contributed by atoms with Gasteiger partial charge in [-0.25, -0.2) is 0 Å². The van der Waals surface area contributed by atoms with Crippen LogP contribution in [0.15, 0.2) is 0 Å². The monoisotopic (exact) mass is 168 g/mol. The fourth-order valence-electron chi connectivity index (χ4n) is 3.04. The molecule has 0 unspecified atom stereocenters. The maximum Gasteiger partial charge on any atom is 0.163 e. The van der Waals surface area contributed by atoms with Crippen LogP contribution in [-0.2, 0) is 14.3 Å². The van der Waals surface area contributed by atoms with Crippen molar-refractivity contribution in [3.8, 4) is 0 Å². The first kappa shape index (κ1) is 7.04. The van der Waals surface area contributed by atoms with Gasteiger partial charge in [-0.2, -0.15) is 0 Å². The molecule has 0 amide bonds. The van der Waals surface area contributed by atoms with Gasteiger partial charge in [-0.1, -0.05) is 0 Å². The van der Waals surface area contributed by atoms with Gasteiger partial charge in [0.15, 0.2) is 6.29 Å². The Balaban J connectivity index is 1.70. The van der Waals surface area contributed by atoms with Gasteiger partial charge in [-0.05, 0) is 19.3 Å². The molecule has 1 aliphatic heterocycles. The van der Waals surface area contributed by atoms with Crippen LogP contribution in [0.2, 0.25) is 0 Å². The van der Waals surface area contributed by atoms with Crippen LogP contribution in [0.25, 0.3) is 0 Å². The maximum atomic E-state index is 10.6. The first-order valence-electron chi connectivity index (χ1n) is 4.48. The zero-order valence-corrected chi connectivity index (χ0v) is 6.91. The SMILES string of the molecule is O=CC12CC(C3OCCO3)(C1)C2. The van der Waals surface area contributed by atoms with Crippen molar-refractivity contribution in [2.24, 2.45) is 10.8 Å². The predicted molar refractivity (Wildman–Crippen MR) is 40.5 cm³/mol. The third-order valence-corrected chi connectivity index (χ3v) is 3.48. The van der Waals surface area contributed by atoms with E-state index in [1.807, 2.05) is 0 Å². The molecule has 0 N–H and O–H groups in total. The molecule has 3 saturated carbocycles. The molecule has 12 heavy (non-hydrogen) atoms. The quantitative estimate of drug-likeness (QED) is 0.570.